The van der Waals surface area contributed by atoms with Crippen LogP contribution < -0.4 is 11.1 Å². The third-order valence-corrected chi connectivity index (χ3v) is 3.46. The van der Waals surface area contributed by atoms with Crippen molar-refractivity contribution in [3.05, 3.63) is 0 Å². The van der Waals surface area contributed by atoms with Gasteiger partial charge in [0.1, 0.15) is 24.4 Å². The summed E-state index contributed by atoms with van der Waals surface area (Å²) in [5, 5.41) is 40.3. The Balaban J connectivity index is 2.35. The molecule has 0 bridgehead atoms. The first kappa shape index (κ1) is 18.6. The van der Waals surface area contributed by atoms with E-state index in [1.807, 2.05) is 0 Å². The van der Waals surface area contributed by atoms with Crippen LogP contribution in [0.1, 0.15) is 0 Å². The Morgan fingerprint density at radius 3 is 2.57 bits per heavy atom. The molecule has 1 fully saturated rings. The highest BCUT2D eigenvalue weighted by Crippen LogP contribution is 2.21. The van der Waals surface area contributed by atoms with Crippen LogP contribution in [0.3, 0.4) is 0 Å². The predicted molar refractivity (Wildman–Crippen MR) is 74.6 cm³/mol. The van der Waals surface area contributed by atoms with E-state index in [4.69, 9.17) is 20.3 Å². The number of aliphatic hydroxyl groups excluding tert-OH is 4. The summed E-state index contributed by atoms with van der Waals surface area (Å²) in [6.45, 7) is -0.415. The summed E-state index contributed by atoms with van der Waals surface area (Å²) in [5.74, 6) is -0.179. The summed E-state index contributed by atoms with van der Waals surface area (Å²) in [7, 11) is 0. The van der Waals surface area contributed by atoms with E-state index in [2.05, 4.69) is 17.9 Å². The SMILES string of the molecule is N[C@@H](CS)C(=O)NCCO[C@H]1OC(CO)[C@@H](O)C(O)C1O. The number of rotatable bonds is 7. The number of carbonyl (C=O) groups is 1. The van der Waals surface area contributed by atoms with E-state index in [-0.39, 0.29) is 24.8 Å². The molecule has 1 heterocycles. The number of nitrogens with two attached hydrogens (primary N) is 1. The van der Waals surface area contributed by atoms with Crippen molar-refractivity contribution in [1.29, 1.82) is 0 Å². The molecule has 1 rings (SSSR count). The van der Waals surface area contributed by atoms with Gasteiger partial charge in [-0.2, -0.15) is 12.6 Å². The first-order valence-electron chi connectivity index (χ1n) is 6.48. The molecular weight excluding hydrogens is 304 g/mol. The van der Waals surface area contributed by atoms with Crippen LogP contribution in [0.4, 0.5) is 0 Å². The molecule has 9 nitrogen and oxygen atoms in total. The van der Waals surface area contributed by atoms with Crippen LogP contribution in [0, 0.1) is 0 Å². The fraction of sp³-hybridized carbons (Fsp3) is 0.909. The lowest BCUT2D eigenvalue weighted by molar-refractivity contribution is -0.300. The monoisotopic (exact) mass is 326 g/mol. The summed E-state index contributed by atoms with van der Waals surface area (Å²) < 4.78 is 10.3. The van der Waals surface area contributed by atoms with Gasteiger partial charge in [0.25, 0.3) is 0 Å². The maximum Gasteiger partial charge on any atom is 0.237 e. The van der Waals surface area contributed by atoms with Crippen molar-refractivity contribution >= 4 is 18.5 Å². The van der Waals surface area contributed by atoms with E-state index in [0.29, 0.717) is 0 Å². The smallest absolute Gasteiger partial charge is 0.237 e. The lowest BCUT2D eigenvalue weighted by Crippen LogP contribution is -2.59. The Morgan fingerprint density at radius 2 is 2.00 bits per heavy atom. The van der Waals surface area contributed by atoms with Crippen LogP contribution in [-0.2, 0) is 14.3 Å². The number of nitrogens with one attached hydrogen (secondary N) is 1. The Labute approximate surface area is 127 Å². The molecule has 0 aromatic carbocycles. The average molecular weight is 326 g/mol. The van der Waals surface area contributed by atoms with E-state index in [1.54, 1.807) is 0 Å². The first-order valence-corrected chi connectivity index (χ1v) is 7.11. The molecule has 1 aliphatic rings. The molecule has 1 amide bonds. The maximum atomic E-state index is 11.4. The van der Waals surface area contributed by atoms with Crippen molar-refractivity contribution in [3.63, 3.8) is 0 Å². The fourth-order valence-corrected chi connectivity index (χ4v) is 1.93. The van der Waals surface area contributed by atoms with Gasteiger partial charge in [-0.15, -0.1) is 0 Å². The molecule has 7 N–H and O–H groups in total. The number of hydrogen-bond acceptors (Lipinski definition) is 9. The average Bonchev–Trinajstić information content (AvgIpc) is 2.49. The molecule has 0 aromatic heterocycles. The first-order chi connectivity index (χ1) is 9.92. The van der Waals surface area contributed by atoms with Gasteiger partial charge in [0.2, 0.25) is 5.91 Å². The van der Waals surface area contributed by atoms with E-state index in [1.165, 1.54) is 0 Å². The van der Waals surface area contributed by atoms with Gasteiger partial charge in [-0.3, -0.25) is 4.79 Å². The van der Waals surface area contributed by atoms with Gasteiger partial charge >= 0.3 is 0 Å². The second-order valence-corrected chi connectivity index (χ2v) is 5.01. The molecule has 0 saturated carbocycles. The van der Waals surface area contributed by atoms with Crippen LogP contribution in [0.15, 0.2) is 0 Å². The van der Waals surface area contributed by atoms with E-state index in [9.17, 15) is 20.1 Å². The van der Waals surface area contributed by atoms with E-state index >= 15 is 0 Å². The van der Waals surface area contributed by atoms with Crippen LogP contribution >= 0.6 is 12.6 Å². The third kappa shape index (κ3) is 5.04. The highest BCUT2D eigenvalue weighted by atomic mass is 32.1. The summed E-state index contributed by atoms with van der Waals surface area (Å²) in [5.41, 5.74) is 5.45. The number of aliphatic hydroxyl groups is 4. The van der Waals surface area contributed by atoms with Gasteiger partial charge in [-0.05, 0) is 0 Å². The van der Waals surface area contributed by atoms with E-state index < -0.39 is 43.4 Å². The highest BCUT2D eigenvalue weighted by molar-refractivity contribution is 7.80. The number of ether oxygens (including phenoxy) is 2. The maximum absolute atomic E-state index is 11.4. The van der Waals surface area contributed by atoms with Crippen LogP contribution in [0.25, 0.3) is 0 Å². The number of thiol groups is 1. The molecule has 124 valence electrons. The van der Waals surface area contributed by atoms with Gasteiger partial charge < -0.3 is 41.0 Å². The largest absolute Gasteiger partial charge is 0.394 e. The molecule has 1 saturated heterocycles. The summed E-state index contributed by atoms with van der Waals surface area (Å²) in [4.78, 5) is 11.4. The third-order valence-electron chi connectivity index (χ3n) is 3.07. The summed E-state index contributed by atoms with van der Waals surface area (Å²) >= 11 is 3.89. The Morgan fingerprint density at radius 1 is 1.33 bits per heavy atom. The second kappa shape index (κ2) is 8.86. The van der Waals surface area contributed by atoms with Crippen molar-refractivity contribution in [2.75, 3.05) is 25.5 Å². The molecule has 10 heteroatoms. The molecule has 21 heavy (non-hydrogen) atoms. The van der Waals surface area contributed by atoms with Crippen LogP contribution in [0.5, 0.6) is 0 Å². The Hall–Kier alpha value is -0.460. The topological polar surface area (TPSA) is 154 Å². The zero-order valence-corrected chi connectivity index (χ0v) is 12.2. The van der Waals surface area contributed by atoms with Crippen molar-refractivity contribution in [2.45, 2.75) is 36.7 Å². The van der Waals surface area contributed by atoms with Crippen LogP contribution in [-0.4, -0.2) is 88.6 Å². The van der Waals surface area contributed by atoms with Crippen molar-refractivity contribution in [1.82, 2.24) is 5.32 Å². The zero-order chi connectivity index (χ0) is 16.0. The number of carbonyl (C=O) groups excluding carboxylic acids is 1. The Kier molecular flexibility index (Phi) is 7.84. The van der Waals surface area contributed by atoms with Gasteiger partial charge in [-0.25, -0.2) is 0 Å². The lowest BCUT2D eigenvalue weighted by Gasteiger charge is -2.39. The molecule has 1 aliphatic heterocycles. The zero-order valence-electron chi connectivity index (χ0n) is 11.3. The van der Waals surface area contributed by atoms with Gasteiger partial charge in [0, 0.05) is 12.3 Å². The van der Waals surface area contributed by atoms with Crippen molar-refractivity contribution in [2.24, 2.45) is 5.73 Å². The predicted octanol–water partition coefficient (Wildman–Crippen LogP) is -3.82. The van der Waals surface area contributed by atoms with Gasteiger partial charge in [0.15, 0.2) is 6.29 Å². The quantitative estimate of drug-likeness (QED) is 0.185. The molecule has 6 atom stereocenters. The van der Waals surface area contributed by atoms with Crippen LogP contribution in [0.2, 0.25) is 0 Å². The van der Waals surface area contributed by atoms with Gasteiger partial charge in [-0.1, -0.05) is 0 Å². The van der Waals surface area contributed by atoms with Crippen molar-refractivity contribution in [3.8, 4) is 0 Å². The molecule has 0 aliphatic carbocycles. The standard InChI is InChI=1S/C11H22N2O7S/c12-5(4-21)10(18)13-1-2-19-11-9(17)8(16)7(15)6(3-14)20-11/h5-9,11,14-17,21H,1-4,12H2,(H,13,18)/t5-,6?,7+,8?,9?,11-/m0/s1. The normalized spacial score (nSPS) is 34.5. The molecule has 0 spiro atoms. The molecular formula is C11H22N2O7S. The number of amides is 1. The van der Waals surface area contributed by atoms with Crippen molar-refractivity contribution < 1.29 is 34.7 Å². The Bertz CT molecular complexity index is 334. The minimum atomic E-state index is -1.49. The molecule has 0 radical (unpaired) electrons. The minimum Gasteiger partial charge on any atom is -0.394 e. The fourth-order valence-electron chi connectivity index (χ4n) is 1.77. The lowest BCUT2D eigenvalue weighted by atomic mass is 9.99. The minimum absolute atomic E-state index is 0.00623. The summed E-state index contributed by atoms with van der Waals surface area (Å²) in [6.07, 6.45) is -6.62. The number of hydrogen-bond donors (Lipinski definition) is 7. The second-order valence-electron chi connectivity index (χ2n) is 4.65. The summed E-state index contributed by atoms with van der Waals surface area (Å²) in [6, 6.07) is -0.722. The highest BCUT2D eigenvalue weighted by Gasteiger charge is 2.43. The van der Waals surface area contributed by atoms with Gasteiger partial charge in [0.05, 0.1) is 19.3 Å². The van der Waals surface area contributed by atoms with E-state index in [0.717, 1.165) is 0 Å². The molecule has 0 aromatic rings. The molecule has 3 unspecified atom stereocenters.